The van der Waals surface area contributed by atoms with Crippen LogP contribution >= 0.6 is 0 Å². The number of nitrogens with zero attached hydrogens (tertiary/aromatic N) is 1. The lowest BCUT2D eigenvalue weighted by Crippen LogP contribution is -2.00. The number of nitro benzene ring substituents is 1. The van der Waals surface area contributed by atoms with E-state index in [-0.39, 0.29) is 10.6 Å². The van der Waals surface area contributed by atoms with Crippen molar-refractivity contribution >= 4 is 5.69 Å². The van der Waals surface area contributed by atoms with Gasteiger partial charge in [-0.05, 0) is 24.3 Å². The van der Waals surface area contributed by atoms with Crippen LogP contribution in [0, 0.1) is 10.1 Å². The number of nitro groups is 1. The van der Waals surface area contributed by atoms with Crippen LogP contribution < -0.4 is 0 Å². The maximum atomic E-state index is 10.8. The Kier molecular flexibility index (Phi) is 6.40. The van der Waals surface area contributed by atoms with Gasteiger partial charge in [-0.3, -0.25) is 10.1 Å². The highest BCUT2D eigenvalue weighted by Crippen LogP contribution is 2.29. The molecule has 0 saturated heterocycles. The van der Waals surface area contributed by atoms with E-state index in [2.05, 4.69) is 13.8 Å². The third-order valence-corrected chi connectivity index (χ3v) is 3.36. The summed E-state index contributed by atoms with van der Waals surface area (Å²) in [6, 6.07) is 7.15. The molecule has 0 spiro atoms. The van der Waals surface area contributed by atoms with Crippen LogP contribution in [0.3, 0.4) is 0 Å². The summed E-state index contributed by atoms with van der Waals surface area (Å²) < 4.78 is 0. The average Bonchev–Trinajstić information content (AvgIpc) is 2.39. The maximum absolute atomic E-state index is 10.8. The van der Waals surface area contributed by atoms with Crippen molar-refractivity contribution in [2.24, 2.45) is 0 Å². The highest BCUT2D eigenvalue weighted by molar-refractivity contribution is 5.36. The molecule has 0 unspecified atom stereocenters. The summed E-state index contributed by atoms with van der Waals surface area (Å²) in [5.74, 6) is 0.477. The molecule has 1 rings (SSSR count). The minimum Gasteiger partial charge on any atom is -0.258 e. The third kappa shape index (κ3) is 4.47. The molecule has 0 saturated carbocycles. The smallest absolute Gasteiger partial charge is 0.258 e. The SMILES string of the molecule is CCCCC(CCCC)c1cccc([N+](=O)[O-])c1. The number of unbranched alkanes of at least 4 members (excludes halogenated alkanes) is 2. The van der Waals surface area contributed by atoms with Crippen molar-refractivity contribution in [3.05, 3.63) is 39.9 Å². The lowest BCUT2D eigenvalue weighted by molar-refractivity contribution is -0.384. The van der Waals surface area contributed by atoms with E-state index in [1.54, 1.807) is 18.2 Å². The van der Waals surface area contributed by atoms with E-state index < -0.39 is 0 Å². The first-order chi connectivity index (χ1) is 8.69. The fourth-order valence-electron chi connectivity index (χ4n) is 2.27. The molecule has 1 aromatic rings. The van der Waals surface area contributed by atoms with Gasteiger partial charge >= 0.3 is 0 Å². The standard InChI is InChI=1S/C15H23NO2/c1-3-5-8-13(9-6-4-2)14-10-7-11-15(12-14)16(17)18/h7,10-13H,3-6,8-9H2,1-2H3. The largest absolute Gasteiger partial charge is 0.269 e. The topological polar surface area (TPSA) is 43.1 Å². The molecule has 0 amide bonds. The average molecular weight is 249 g/mol. The van der Waals surface area contributed by atoms with Crippen LogP contribution in [-0.4, -0.2) is 4.92 Å². The van der Waals surface area contributed by atoms with E-state index in [1.165, 1.54) is 25.7 Å². The van der Waals surface area contributed by atoms with Crippen LogP contribution in [-0.2, 0) is 0 Å². The van der Waals surface area contributed by atoms with Gasteiger partial charge in [-0.15, -0.1) is 0 Å². The van der Waals surface area contributed by atoms with Crippen molar-refractivity contribution < 1.29 is 4.92 Å². The van der Waals surface area contributed by atoms with Gasteiger partial charge in [0.2, 0.25) is 0 Å². The van der Waals surface area contributed by atoms with E-state index >= 15 is 0 Å². The molecule has 0 aliphatic heterocycles. The molecule has 3 nitrogen and oxygen atoms in total. The fourth-order valence-corrected chi connectivity index (χ4v) is 2.27. The monoisotopic (exact) mass is 249 g/mol. The molecule has 0 N–H and O–H groups in total. The van der Waals surface area contributed by atoms with Crippen LogP contribution in [0.1, 0.15) is 63.9 Å². The fraction of sp³-hybridized carbons (Fsp3) is 0.600. The third-order valence-electron chi connectivity index (χ3n) is 3.36. The highest BCUT2D eigenvalue weighted by Gasteiger charge is 2.14. The summed E-state index contributed by atoms with van der Waals surface area (Å²) in [6.07, 6.45) is 7.01. The summed E-state index contributed by atoms with van der Waals surface area (Å²) in [4.78, 5) is 10.5. The van der Waals surface area contributed by atoms with E-state index in [4.69, 9.17) is 0 Å². The molecule has 100 valence electrons. The van der Waals surface area contributed by atoms with Crippen molar-refractivity contribution in [3.63, 3.8) is 0 Å². The Balaban J connectivity index is 2.82. The van der Waals surface area contributed by atoms with Gasteiger partial charge in [-0.25, -0.2) is 0 Å². The van der Waals surface area contributed by atoms with Crippen LogP contribution in [0.2, 0.25) is 0 Å². The maximum Gasteiger partial charge on any atom is 0.269 e. The van der Waals surface area contributed by atoms with Gasteiger partial charge in [-0.1, -0.05) is 51.7 Å². The normalized spacial score (nSPS) is 10.8. The second kappa shape index (κ2) is 7.85. The zero-order valence-electron chi connectivity index (χ0n) is 11.4. The molecule has 0 radical (unpaired) electrons. The first-order valence-electron chi connectivity index (χ1n) is 6.93. The zero-order chi connectivity index (χ0) is 13.4. The number of hydrogen-bond donors (Lipinski definition) is 0. The Morgan fingerprint density at radius 2 is 1.78 bits per heavy atom. The number of benzene rings is 1. The summed E-state index contributed by atoms with van der Waals surface area (Å²) in [7, 11) is 0. The summed E-state index contributed by atoms with van der Waals surface area (Å²) in [5, 5.41) is 10.8. The van der Waals surface area contributed by atoms with Gasteiger partial charge in [0.25, 0.3) is 5.69 Å². The summed E-state index contributed by atoms with van der Waals surface area (Å²) in [6.45, 7) is 4.37. The molecule has 3 heteroatoms. The van der Waals surface area contributed by atoms with E-state index in [0.717, 1.165) is 18.4 Å². The quantitative estimate of drug-likeness (QED) is 0.477. The first kappa shape index (κ1) is 14.7. The minimum absolute atomic E-state index is 0.213. The molecular weight excluding hydrogens is 226 g/mol. The van der Waals surface area contributed by atoms with E-state index in [9.17, 15) is 10.1 Å². The van der Waals surface area contributed by atoms with Crippen LogP contribution in [0.15, 0.2) is 24.3 Å². The Morgan fingerprint density at radius 3 is 2.28 bits per heavy atom. The zero-order valence-corrected chi connectivity index (χ0v) is 11.4. The van der Waals surface area contributed by atoms with Gasteiger partial charge < -0.3 is 0 Å². The lowest BCUT2D eigenvalue weighted by atomic mass is 9.89. The van der Waals surface area contributed by atoms with Crippen molar-refractivity contribution in [1.82, 2.24) is 0 Å². The number of hydrogen-bond acceptors (Lipinski definition) is 2. The van der Waals surface area contributed by atoms with Gasteiger partial charge in [-0.2, -0.15) is 0 Å². The van der Waals surface area contributed by atoms with Crippen LogP contribution in [0.4, 0.5) is 5.69 Å². The Labute approximate surface area is 109 Å². The molecule has 0 aromatic heterocycles. The molecule has 0 heterocycles. The molecule has 0 aliphatic rings. The van der Waals surface area contributed by atoms with E-state index in [0.29, 0.717) is 5.92 Å². The van der Waals surface area contributed by atoms with Crippen LogP contribution in [0.5, 0.6) is 0 Å². The van der Waals surface area contributed by atoms with E-state index in [1.807, 2.05) is 6.07 Å². The summed E-state index contributed by atoms with van der Waals surface area (Å²) >= 11 is 0. The molecule has 18 heavy (non-hydrogen) atoms. The van der Waals surface area contributed by atoms with Gasteiger partial charge in [0, 0.05) is 12.1 Å². The molecule has 0 atom stereocenters. The number of rotatable bonds is 8. The van der Waals surface area contributed by atoms with Crippen molar-refractivity contribution in [2.45, 2.75) is 58.3 Å². The molecule has 0 bridgehead atoms. The Bertz CT molecular complexity index is 369. The predicted octanol–water partition coefficient (Wildman–Crippen LogP) is 5.06. The molecular formula is C15H23NO2. The molecule has 0 aliphatic carbocycles. The first-order valence-corrected chi connectivity index (χ1v) is 6.93. The van der Waals surface area contributed by atoms with Crippen LogP contribution in [0.25, 0.3) is 0 Å². The molecule has 0 fully saturated rings. The molecule has 1 aromatic carbocycles. The lowest BCUT2D eigenvalue weighted by Gasteiger charge is -2.16. The van der Waals surface area contributed by atoms with Gasteiger partial charge in [0.05, 0.1) is 4.92 Å². The number of non-ortho nitro benzene ring substituents is 1. The highest BCUT2D eigenvalue weighted by atomic mass is 16.6. The Morgan fingerprint density at radius 1 is 1.17 bits per heavy atom. The second-order valence-corrected chi connectivity index (χ2v) is 4.83. The van der Waals surface area contributed by atoms with Gasteiger partial charge in [0.15, 0.2) is 0 Å². The minimum atomic E-state index is -0.305. The second-order valence-electron chi connectivity index (χ2n) is 4.83. The summed E-state index contributed by atoms with van der Waals surface area (Å²) in [5.41, 5.74) is 1.34. The van der Waals surface area contributed by atoms with Gasteiger partial charge in [0.1, 0.15) is 0 Å². The van der Waals surface area contributed by atoms with Crippen molar-refractivity contribution in [1.29, 1.82) is 0 Å². The van der Waals surface area contributed by atoms with Crippen molar-refractivity contribution in [2.75, 3.05) is 0 Å². The predicted molar refractivity (Wildman–Crippen MR) is 74.9 cm³/mol. The van der Waals surface area contributed by atoms with Crippen molar-refractivity contribution in [3.8, 4) is 0 Å². The Hall–Kier alpha value is -1.38.